The quantitative estimate of drug-likeness (QED) is 0.420. The molecule has 0 saturated carbocycles. The number of amides is 1. The molecule has 0 radical (unpaired) electrons. The zero-order valence-corrected chi connectivity index (χ0v) is 19.5. The highest BCUT2D eigenvalue weighted by atomic mass is 35.5. The molecule has 4 heteroatoms. The van der Waals surface area contributed by atoms with Crippen molar-refractivity contribution in [3.8, 4) is 11.1 Å². The summed E-state index contributed by atoms with van der Waals surface area (Å²) in [5, 5.41) is 0.784. The van der Waals surface area contributed by atoms with Crippen LogP contribution in [0.4, 0.5) is 0 Å². The van der Waals surface area contributed by atoms with E-state index in [-0.39, 0.29) is 5.91 Å². The van der Waals surface area contributed by atoms with Gasteiger partial charge in [-0.15, -0.1) is 0 Å². The first-order valence-electron chi connectivity index (χ1n) is 11.5. The van der Waals surface area contributed by atoms with Crippen molar-refractivity contribution in [3.05, 3.63) is 95.0 Å². The SMILES string of the molecule is CCN(CC1CCN(Cc2ccc(Cl)cc2)CC1)C(=O)c1ccc(-c2ccccc2)cc1. The fourth-order valence-electron chi connectivity index (χ4n) is 4.46. The maximum atomic E-state index is 13.1. The van der Waals surface area contributed by atoms with E-state index in [0.29, 0.717) is 5.92 Å². The number of likely N-dealkylation sites (tertiary alicyclic amines) is 1. The molecular formula is C28H31ClN2O. The Bertz CT molecular complexity index is 994. The predicted octanol–water partition coefficient (Wildman–Crippen LogP) is 6.38. The second-order valence-electron chi connectivity index (χ2n) is 8.63. The normalized spacial score (nSPS) is 14.9. The number of nitrogens with zero attached hydrogens (tertiary/aromatic N) is 2. The van der Waals surface area contributed by atoms with Crippen LogP contribution in [0.1, 0.15) is 35.7 Å². The third-order valence-electron chi connectivity index (χ3n) is 6.41. The minimum atomic E-state index is 0.135. The van der Waals surface area contributed by atoms with Crippen molar-refractivity contribution in [2.24, 2.45) is 5.92 Å². The summed E-state index contributed by atoms with van der Waals surface area (Å²) in [5.74, 6) is 0.694. The van der Waals surface area contributed by atoms with Crippen LogP contribution < -0.4 is 0 Å². The van der Waals surface area contributed by atoms with Crippen LogP contribution in [-0.4, -0.2) is 41.9 Å². The molecule has 1 saturated heterocycles. The van der Waals surface area contributed by atoms with Gasteiger partial charge in [0, 0.05) is 30.2 Å². The molecule has 1 amide bonds. The molecule has 4 rings (SSSR count). The lowest BCUT2D eigenvalue weighted by Crippen LogP contribution is -2.40. The number of carbonyl (C=O) groups is 1. The minimum Gasteiger partial charge on any atom is -0.339 e. The van der Waals surface area contributed by atoms with Crippen LogP contribution in [0.25, 0.3) is 11.1 Å². The summed E-state index contributed by atoms with van der Waals surface area (Å²) >= 11 is 6.00. The van der Waals surface area contributed by atoms with Crippen molar-refractivity contribution in [1.29, 1.82) is 0 Å². The van der Waals surface area contributed by atoms with Crippen molar-refractivity contribution < 1.29 is 4.79 Å². The second-order valence-corrected chi connectivity index (χ2v) is 9.07. The van der Waals surface area contributed by atoms with E-state index in [0.717, 1.165) is 61.7 Å². The van der Waals surface area contributed by atoms with Gasteiger partial charge in [-0.25, -0.2) is 0 Å². The van der Waals surface area contributed by atoms with Crippen molar-refractivity contribution in [1.82, 2.24) is 9.80 Å². The predicted molar refractivity (Wildman–Crippen MR) is 133 cm³/mol. The number of benzene rings is 3. The highest BCUT2D eigenvalue weighted by Gasteiger charge is 2.23. The molecule has 1 aliphatic heterocycles. The topological polar surface area (TPSA) is 23.6 Å². The van der Waals surface area contributed by atoms with Gasteiger partial charge in [0.1, 0.15) is 0 Å². The lowest BCUT2D eigenvalue weighted by atomic mass is 9.95. The molecule has 3 aromatic rings. The van der Waals surface area contributed by atoms with Gasteiger partial charge in [0.2, 0.25) is 0 Å². The van der Waals surface area contributed by atoms with E-state index < -0.39 is 0 Å². The molecule has 0 N–H and O–H groups in total. The smallest absolute Gasteiger partial charge is 0.253 e. The summed E-state index contributed by atoms with van der Waals surface area (Å²) in [7, 11) is 0. The van der Waals surface area contributed by atoms with Crippen molar-refractivity contribution >= 4 is 17.5 Å². The van der Waals surface area contributed by atoms with Crippen LogP contribution in [0.5, 0.6) is 0 Å². The van der Waals surface area contributed by atoms with Crippen LogP contribution in [0.2, 0.25) is 5.02 Å². The Kier molecular flexibility index (Phi) is 7.62. The van der Waals surface area contributed by atoms with Gasteiger partial charge in [0.25, 0.3) is 5.91 Å². The third kappa shape index (κ3) is 5.79. The summed E-state index contributed by atoms with van der Waals surface area (Å²) in [5.41, 5.74) is 4.38. The van der Waals surface area contributed by atoms with Gasteiger partial charge in [0.15, 0.2) is 0 Å². The van der Waals surface area contributed by atoms with Gasteiger partial charge in [-0.2, -0.15) is 0 Å². The Hall–Kier alpha value is -2.62. The van der Waals surface area contributed by atoms with Crippen LogP contribution in [-0.2, 0) is 6.54 Å². The van der Waals surface area contributed by atoms with Crippen LogP contribution in [0, 0.1) is 5.92 Å². The lowest BCUT2D eigenvalue weighted by Gasteiger charge is -2.34. The third-order valence-corrected chi connectivity index (χ3v) is 6.67. The molecule has 166 valence electrons. The molecule has 1 fully saturated rings. The molecule has 0 aromatic heterocycles. The minimum absolute atomic E-state index is 0.135. The lowest BCUT2D eigenvalue weighted by molar-refractivity contribution is 0.0698. The van der Waals surface area contributed by atoms with Crippen LogP contribution in [0.15, 0.2) is 78.9 Å². The maximum absolute atomic E-state index is 13.1. The molecule has 0 spiro atoms. The fourth-order valence-corrected chi connectivity index (χ4v) is 4.59. The number of halogens is 1. The van der Waals surface area contributed by atoms with Gasteiger partial charge in [0.05, 0.1) is 0 Å². The second kappa shape index (κ2) is 10.8. The Morgan fingerprint density at radius 3 is 2.16 bits per heavy atom. The monoisotopic (exact) mass is 446 g/mol. The van der Waals surface area contributed by atoms with Crippen molar-refractivity contribution in [2.75, 3.05) is 26.2 Å². The van der Waals surface area contributed by atoms with Gasteiger partial charge in [-0.05, 0) is 79.7 Å². The molecule has 0 aliphatic carbocycles. The number of hydrogen-bond donors (Lipinski definition) is 0. The van der Waals surface area contributed by atoms with E-state index in [1.54, 1.807) is 0 Å². The molecule has 3 nitrogen and oxygen atoms in total. The number of piperidine rings is 1. The molecule has 3 aromatic carbocycles. The van der Waals surface area contributed by atoms with E-state index in [9.17, 15) is 4.79 Å². The molecular weight excluding hydrogens is 416 g/mol. The fraction of sp³-hybridized carbons (Fsp3) is 0.321. The summed E-state index contributed by atoms with van der Waals surface area (Å²) in [4.78, 5) is 17.6. The Balaban J connectivity index is 1.30. The number of hydrogen-bond acceptors (Lipinski definition) is 2. The standard InChI is InChI=1S/C28H31ClN2O/c1-2-31(28(32)26-12-10-25(11-13-26)24-6-4-3-5-7-24)21-23-16-18-30(19-17-23)20-22-8-14-27(29)15-9-22/h3-15,23H,2,16-21H2,1H3. The zero-order chi connectivity index (χ0) is 22.3. The van der Waals surface area contributed by atoms with E-state index >= 15 is 0 Å². The largest absolute Gasteiger partial charge is 0.339 e. The molecule has 1 heterocycles. The molecule has 32 heavy (non-hydrogen) atoms. The first-order valence-corrected chi connectivity index (χ1v) is 11.9. The summed E-state index contributed by atoms with van der Waals surface area (Å²) in [6.45, 7) is 6.77. The zero-order valence-electron chi connectivity index (χ0n) is 18.7. The highest BCUT2D eigenvalue weighted by molar-refractivity contribution is 6.30. The highest BCUT2D eigenvalue weighted by Crippen LogP contribution is 2.23. The first-order chi connectivity index (χ1) is 15.6. The Morgan fingerprint density at radius 2 is 1.53 bits per heavy atom. The molecule has 0 bridgehead atoms. The van der Waals surface area contributed by atoms with Crippen molar-refractivity contribution in [2.45, 2.75) is 26.3 Å². The maximum Gasteiger partial charge on any atom is 0.253 e. The van der Waals surface area contributed by atoms with Gasteiger partial charge >= 0.3 is 0 Å². The molecule has 1 aliphatic rings. The van der Waals surface area contributed by atoms with Gasteiger partial charge in [-0.1, -0.05) is 66.2 Å². The Labute approximate surface area is 196 Å². The summed E-state index contributed by atoms with van der Waals surface area (Å²) in [6, 6.07) is 26.4. The summed E-state index contributed by atoms with van der Waals surface area (Å²) < 4.78 is 0. The molecule has 0 unspecified atom stereocenters. The van der Waals surface area contributed by atoms with Gasteiger partial charge in [-0.3, -0.25) is 9.69 Å². The summed E-state index contributed by atoms with van der Waals surface area (Å²) in [6.07, 6.45) is 2.26. The van der Waals surface area contributed by atoms with E-state index in [4.69, 9.17) is 11.6 Å². The van der Waals surface area contributed by atoms with E-state index in [1.165, 1.54) is 11.1 Å². The van der Waals surface area contributed by atoms with Crippen LogP contribution >= 0.6 is 11.6 Å². The number of rotatable bonds is 7. The molecule has 0 atom stereocenters. The van der Waals surface area contributed by atoms with Gasteiger partial charge < -0.3 is 4.90 Å². The number of carbonyl (C=O) groups excluding carboxylic acids is 1. The van der Waals surface area contributed by atoms with E-state index in [1.807, 2.05) is 59.5 Å². The van der Waals surface area contributed by atoms with Crippen molar-refractivity contribution in [3.63, 3.8) is 0 Å². The van der Waals surface area contributed by atoms with Crippen LogP contribution in [0.3, 0.4) is 0 Å². The average Bonchev–Trinajstić information content (AvgIpc) is 2.85. The first kappa shape index (κ1) is 22.6. The van der Waals surface area contributed by atoms with E-state index in [2.05, 4.69) is 36.1 Å². The average molecular weight is 447 g/mol. The Morgan fingerprint density at radius 1 is 0.906 bits per heavy atom.